The van der Waals surface area contributed by atoms with E-state index in [1.165, 1.54) is 6.07 Å². The third-order valence-electron chi connectivity index (χ3n) is 2.33. The van der Waals surface area contributed by atoms with E-state index >= 15 is 0 Å². The predicted molar refractivity (Wildman–Crippen MR) is 55.2 cm³/mol. The molecule has 1 aromatic rings. The molecule has 0 amide bonds. The Balaban J connectivity index is 2.59. The van der Waals surface area contributed by atoms with Crippen molar-refractivity contribution in [3.05, 3.63) is 44.2 Å². The van der Waals surface area contributed by atoms with Gasteiger partial charge in [0.25, 0.3) is 5.79 Å². The van der Waals surface area contributed by atoms with E-state index in [1.807, 2.05) is 0 Å². The highest BCUT2D eigenvalue weighted by Crippen LogP contribution is 2.37. The van der Waals surface area contributed by atoms with Crippen LogP contribution in [0.4, 0.5) is 4.39 Å². The van der Waals surface area contributed by atoms with Crippen molar-refractivity contribution in [2.24, 2.45) is 5.11 Å². The quantitative estimate of drug-likeness (QED) is 0.334. The molecule has 0 N–H and O–H groups in total. The van der Waals surface area contributed by atoms with Gasteiger partial charge in [0.2, 0.25) is 5.78 Å². The fourth-order valence-corrected chi connectivity index (χ4v) is 2.13. The van der Waals surface area contributed by atoms with E-state index in [4.69, 9.17) is 5.53 Å². The molecule has 4 nitrogen and oxygen atoms in total. The van der Waals surface area contributed by atoms with Gasteiger partial charge in [-0.2, -0.15) is 0 Å². The summed E-state index contributed by atoms with van der Waals surface area (Å²) < 4.78 is 14.5. The van der Waals surface area contributed by atoms with Gasteiger partial charge in [-0.3, -0.25) is 4.79 Å². The Kier molecular flexibility index (Phi) is 2.25. The molecule has 1 aromatic carbocycles. The number of benzene rings is 1. The second kappa shape index (κ2) is 3.32. The van der Waals surface area contributed by atoms with E-state index in [1.54, 1.807) is 12.1 Å². The van der Waals surface area contributed by atoms with Gasteiger partial charge < -0.3 is 0 Å². The molecule has 15 heavy (non-hydrogen) atoms. The molecule has 0 bridgehead atoms. The number of carbonyl (C=O) groups is 1. The van der Waals surface area contributed by atoms with E-state index in [-0.39, 0.29) is 12.0 Å². The number of fused-ring (bicyclic) bond motifs is 1. The zero-order valence-corrected chi connectivity index (χ0v) is 9.03. The fourth-order valence-electron chi connectivity index (χ4n) is 1.62. The molecule has 0 saturated carbocycles. The lowest BCUT2D eigenvalue weighted by Crippen LogP contribution is -2.26. The lowest BCUT2D eigenvalue weighted by atomic mass is 10.1. The van der Waals surface area contributed by atoms with E-state index in [0.29, 0.717) is 10.0 Å². The van der Waals surface area contributed by atoms with Crippen molar-refractivity contribution in [1.82, 2.24) is 0 Å². The topological polar surface area (TPSA) is 65.8 Å². The third kappa shape index (κ3) is 1.42. The number of rotatable bonds is 1. The van der Waals surface area contributed by atoms with Crippen LogP contribution in [0.2, 0.25) is 0 Å². The Hall–Kier alpha value is -1.39. The number of azide groups is 1. The molecule has 0 aliphatic heterocycles. The van der Waals surface area contributed by atoms with Crippen molar-refractivity contribution >= 4 is 21.7 Å². The number of Topliss-reactive ketones (excluding diaryl/α,β-unsaturated/α-hetero) is 1. The molecular formula is C9H5BrFN3O. The first kappa shape index (κ1) is 10.1. The largest absolute Gasteiger partial charge is 0.290 e. The van der Waals surface area contributed by atoms with Gasteiger partial charge in [0.1, 0.15) is 0 Å². The summed E-state index contributed by atoms with van der Waals surface area (Å²) in [6, 6.07) is 4.88. The lowest BCUT2D eigenvalue weighted by Gasteiger charge is -2.07. The maximum Gasteiger partial charge on any atom is 0.255 e. The van der Waals surface area contributed by atoms with Crippen LogP contribution in [0.1, 0.15) is 15.9 Å². The first-order chi connectivity index (χ1) is 7.08. The van der Waals surface area contributed by atoms with Crippen LogP contribution in [0.15, 0.2) is 27.8 Å². The summed E-state index contributed by atoms with van der Waals surface area (Å²) in [4.78, 5) is 14.0. The Morgan fingerprint density at radius 1 is 1.60 bits per heavy atom. The number of hydrogen-bond acceptors (Lipinski definition) is 2. The SMILES string of the molecule is [N-]=[N+]=NC1(F)Cc2c(Br)cccc2C1=O. The lowest BCUT2D eigenvalue weighted by molar-refractivity contribution is 0.0735. The molecule has 1 aliphatic rings. The maximum absolute atomic E-state index is 13.9. The molecule has 0 fully saturated rings. The Bertz CT molecular complexity index is 498. The average molecular weight is 270 g/mol. The van der Waals surface area contributed by atoms with Crippen molar-refractivity contribution in [1.29, 1.82) is 0 Å². The minimum atomic E-state index is -2.46. The monoisotopic (exact) mass is 269 g/mol. The van der Waals surface area contributed by atoms with E-state index in [0.717, 1.165) is 0 Å². The number of hydrogen-bond donors (Lipinski definition) is 0. The minimum Gasteiger partial charge on any atom is -0.290 e. The van der Waals surface area contributed by atoms with Crippen LogP contribution >= 0.6 is 15.9 Å². The molecule has 6 heteroatoms. The van der Waals surface area contributed by atoms with Crippen LogP contribution in [-0.4, -0.2) is 11.6 Å². The van der Waals surface area contributed by atoms with Crippen molar-refractivity contribution < 1.29 is 9.18 Å². The molecule has 0 saturated heterocycles. The Labute approximate surface area is 92.8 Å². The minimum absolute atomic E-state index is 0.202. The first-order valence-corrected chi connectivity index (χ1v) is 4.95. The molecular weight excluding hydrogens is 265 g/mol. The fraction of sp³-hybridized carbons (Fsp3) is 0.222. The normalized spacial score (nSPS) is 23.5. The summed E-state index contributed by atoms with van der Waals surface area (Å²) in [5.41, 5.74) is 9.04. The van der Waals surface area contributed by atoms with Gasteiger partial charge >= 0.3 is 0 Å². The number of carbonyl (C=O) groups excluding carboxylic acids is 1. The Morgan fingerprint density at radius 3 is 2.93 bits per heavy atom. The van der Waals surface area contributed by atoms with Crippen LogP contribution in [-0.2, 0) is 6.42 Å². The van der Waals surface area contributed by atoms with Crippen LogP contribution in [0, 0.1) is 0 Å². The van der Waals surface area contributed by atoms with Gasteiger partial charge in [-0.1, -0.05) is 28.1 Å². The van der Waals surface area contributed by atoms with Crippen molar-refractivity contribution in [3.8, 4) is 0 Å². The second-order valence-corrected chi connectivity index (χ2v) is 4.07. The third-order valence-corrected chi connectivity index (χ3v) is 3.07. The van der Waals surface area contributed by atoms with Crippen LogP contribution in [0.5, 0.6) is 0 Å². The van der Waals surface area contributed by atoms with Crippen molar-refractivity contribution in [3.63, 3.8) is 0 Å². The van der Waals surface area contributed by atoms with Gasteiger partial charge in [-0.25, -0.2) is 4.39 Å². The summed E-state index contributed by atoms with van der Waals surface area (Å²) in [6.07, 6.45) is -0.202. The number of ketones is 1. The van der Waals surface area contributed by atoms with Crippen molar-refractivity contribution in [2.75, 3.05) is 0 Å². The molecule has 0 heterocycles. The Morgan fingerprint density at radius 2 is 2.33 bits per heavy atom. The summed E-state index contributed by atoms with van der Waals surface area (Å²) in [5, 5.41) is 2.94. The molecule has 0 radical (unpaired) electrons. The summed E-state index contributed by atoms with van der Waals surface area (Å²) in [7, 11) is 0. The zero-order valence-electron chi connectivity index (χ0n) is 7.44. The molecule has 0 aromatic heterocycles. The maximum atomic E-state index is 13.9. The van der Waals surface area contributed by atoms with E-state index in [2.05, 4.69) is 26.0 Å². The smallest absolute Gasteiger partial charge is 0.255 e. The molecule has 1 aliphatic carbocycles. The molecule has 2 rings (SSSR count). The molecule has 0 spiro atoms. The van der Waals surface area contributed by atoms with Crippen LogP contribution < -0.4 is 0 Å². The van der Waals surface area contributed by atoms with Crippen LogP contribution in [0.25, 0.3) is 10.4 Å². The first-order valence-electron chi connectivity index (χ1n) is 4.16. The average Bonchev–Trinajstić information content (AvgIpc) is 2.44. The van der Waals surface area contributed by atoms with Gasteiger partial charge in [0, 0.05) is 21.4 Å². The van der Waals surface area contributed by atoms with Gasteiger partial charge in [0.15, 0.2) is 0 Å². The summed E-state index contributed by atoms with van der Waals surface area (Å²) in [5.74, 6) is -3.22. The predicted octanol–water partition coefficient (Wildman–Crippen LogP) is 3.16. The standard InChI is InChI=1S/C9H5BrFN3O/c10-7-3-1-2-5-6(7)4-9(11,8(5)15)13-14-12/h1-3H,4H2. The van der Waals surface area contributed by atoms with Gasteiger partial charge in [0.05, 0.1) is 0 Å². The number of nitrogens with zero attached hydrogens (tertiary/aromatic N) is 3. The van der Waals surface area contributed by atoms with E-state index in [9.17, 15) is 9.18 Å². The van der Waals surface area contributed by atoms with Gasteiger partial charge in [-0.15, -0.1) is 0 Å². The number of halogens is 2. The summed E-state index contributed by atoms with van der Waals surface area (Å²) >= 11 is 3.22. The molecule has 76 valence electrons. The van der Waals surface area contributed by atoms with Crippen molar-refractivity contribution in [2.45, 2.75) is 12.2 Å². The highest BCUT2D eigenvalue weighted by Gasteiger charge is 2.46. The highest BCUT2D eigenvalue weighted by atomic mass is 79.9. The summed E-state index contributed by atoms with van der Waals surface area (Å²) in [6.45, 7) is 0. The second-order valence-electron chi connectivity index (χ2n) is 3.22. The zero-order chi connectivity index (χ0) is 11.1. The number of alkyl halides is 1. The molecule has 1 atom stereocenters. The highest BCUT2D eigenvalue weighted by molar-refractivity contribution is 9.10. The van der Waals surface area contributed by atoms with E-state index < -0.39 is 11.6 Å². The van der Waals surface area contributed by atoms with Crippen LogP contribution in [0.3, 0.4) is 0 Å². The molecule has 1 unspecified atom stereocenters. The van der Waals surface area contributed by atoms with Gasteiger partial charge in [-0.05, 0) is 22.3 Å².